The first kappa shape index (κ1) is 12.8. The van der Waals surface area contributed by atoms with Gasteiger partial charge in [-0.05, 0) is 43.5 Å². The largest absolute Gasteiger partial charge is 0.388 e. The first-order chi connectivity index (χ1) is 8.56. The minimum absolute atomic E-state index is 0.487. The van der Waals surface area contributed by atoms with Crippen molar-refractivity contribution in [3.63, 3.8) is 0 Å². The van der Waals surface area contributed by atoms with E-state index in [1.54, 1.807) is 6.20 Å². The molecule has 0 aliphatic rings. The van der Waals surface area contributed by atoms with Gasteiger partial charge in [-0.3, -0.25) is 4.98 Å². The van der Waals surface area contributed by atoms with E-state index in [4.69, 9.17) is 0 Å². The molecule has 0 fully saturated rings. The molecule has 0 aliphatic carbocycles. The first-order valence-electron chi connectivity index (χ1n) is 6.23. The van der Waals surface area contributed by atoms with E-state index in [0.29, 0.717) is 6.42 Å². The van der Waals surface area contributed by atoms with Crippen molar-refractivity contribution in [3.05, 3.63) is 64.5 Å². The first-order valence-corrected chi connectivity index (χ1v) is 6.23. The Hall–Kier alpha value is -1.67. The third-order valence-electron chi connectivity index (χ3n) is 3.24. The fourth-order valence-corrected chi connectivity index (χ4v) is 2.02. The molecule has 1 N–H and O–H groups in total. The normalized spacial score (nSPS) is 12.4. The van der Waals surface area contributed by atoms with Gasteiger partial charge < -0.3 is 5.11 Å². The van der Waals surface area contributed by atoms with E-state index in [1.165, 1.54) is 16.7 Å². The summed E-state index contributed by atoms with van der Waals surface area (Å²) in [5.41, 5.74) is 5.49. The third kappa shape index (κ3) is 2.96. The van der Waals surface area contributed by atoms with Crippen molar-refractivity contribution in [2.24, 2.45) is 0 Å². The van der Waals surface area contributed by atoms with Crippen LogP contribution in [0.1, 0.15) is 34.1 Å². The van der Waals surface area contributed by atoms with Gasteiger partial charge in [0.15, 0.2) is 0 Å². The van der Waals surface area contributed by atoms with Crippen LogP contribution in [0.5, 0.6) is 0 Å². The van der Waals surface area contributed by atoms with E-state index >= 15 is 0 Å². The molecule has 2 nitrogen and oxygen atoms in total. The van der Waals surface area contributed by atoms with Gasteiger partial charge >= 0.3 is 0 Å². The highest BCUT2D eigenvalue weighted by Gasteiger charge is 2.10. The molecule has 1 aromatic heterocycles. The molecule has 18 heavy (non-hydrogen) atoms. The smallest absolute Gasteiger partial charge is 0.0845 e. The molecule has 1 heterocycles. The minimum atomic E-state index is -0.487. The van der Waals surface area contributed by atoms with Crippen LogP contribution in [-0.4, -0.2) is 10.1 Å². The van der Waals surface area contributed by atoms with Gasteiger partial charge in [-0.1, -0.05) is 29.8 Å². The van der Waals surface area contributed by atoms with E-state index < -0.39 is 6.10 Å². The summed E-state index contributed by atoms with van der Waals surface area (Å²) < 4.78 is 0. The minimum Gasteiger partial charge on any atom is -0.388 e. The van der Waals surface area contributed by atoms with E-state index in [-0.39, 0.29) is 0 Å². The van der Waals surface area contributed by atoms with Crippen molar-refractivity contribution >= 4 is 0 Å². The number of aryl methyl sites for hydroxylation is 3. The predicted octanol–water partition coefficient (Wildman–Crippen LogP) is 3.28. The maximum absolute atomic E-state index is 10.2. The molecule has 1 aromatic carbocycles. The lowest BCUT2D eigenvalue weighted by atomic mass is 9.97. The van der Waals surface area contributed by atoms with Crippen molar-refractivity contribution in [2.75, 3.05) is 0 Å². The number of aromatic nitrogens is 1. The van der Waals surface area contributed by atoms with Crippen molar-refractivity contribution in [3.8, 4) is 0 Å². The lowest BCUT2D eigenvalue weighted by Gasteiger charge is -2.13. The lowest BCUT2D eigenvalue weighted by molar-refractivity contribution is 0.178. The van der Waals surface area contributed by atoms with Crippen LogP contribution in [-0.2, 0) is 6.42 Å². The van der Waals surface area contributed by atoms with Crippen LogP contribution in [0, 0.1) is 20.8 Å². The maximum Gasteiger partial charge on any atom is 0.0845 e. The number of aliphatic hydroxyl groups is 1. The van der Waals surface area contributed by atoms with Crippen molar-refractivity contribution in [1.29, 1.82) is 0 Å². The summed E-state index contributed by atoms with van der Waals surface area (Å²) in [6, 6.07) is 10.2. The molecule has 2 heteroatoms. The Morgan fingerprint density at radius 2 is 1.89 bits per heavy atom. The lowest BCUT2D eigenvalue weighted by Crippen LogP contribution is -2.04. The molecule has 1 unspecified atom stereocenters. The highest BCUT2D eigenvalue weighted by molar-refractivity contribution is 5.32. The average molecular weight is 241 g/mol. The molecule has 0 saturated heterocycles. The van der Waals surface area contributed by atoms with E-state index in [0.717, 1.165) is 11.3 Å². The van der Waals surface area contributed by atoms with Gasteiger partial charge in [0.1, 0.15) is 0 Å². The number of hydrogen-bond acceptors (Lipinski definition) is 2. The number of hydrogen-bond donors (Lipinski definition) is 1. The molecule has 94 valence electrons. The van der Waals surface area contributed by atoms with Gasteiger partial charge in [-0.25, -0.2) is 0 Å². The summed E-state index contributed by atoms with van der Waals surface area (Å²) in [7, 11) is 0. The third-order valence-corrected chi connectivity index (χ3v) is 3.24. The number of rotatable bonds is 3. The Labute approximate surface area is 108 Å². The molecule has 0 saturated carbocycles. The second kappa shape index (κ2) is 5.32. The SMILES string of the molecule is Cc1ccc(C)c(CC(O)c2ccc(C)nc2)c1. The molecule has 1 atom stereocenters. The van der Waals surface area contributed by atoms with Gasteiger partial charge in [-0.2, -0.15) is 0 Å². The van der Waals surface area contributed by atoms with Crippen LogP contribution < -0.4 is 0 Å². The molecule has 2 aromatic rings. The number of nitrogens with zero attached hydrogens (tertiary/aromatic N) is 1. The molecule has 2 rings (SSSR count). The summed E-state index contributed by atoms with van der Waals surface area (Å²) in [5.74, 6) is 0. The summed E-state index contributed by atoms with van der Waals surface area (Å²) in [4.78, 5) is 4.22. The van der Waals surface area contributed by atoms with Gasteiger partial charge in [0.25, 0.3) is 0 Å². The van der Waals surface area contributed by atoms with Gasteiger partial charge in [-0.15, -0.1) is 0 Å². The Morgan fingerprint density at radius 1 is 1.11 bits per heavy atom. The van der Waals surface area contributed by atoms with Gasteiger partial charge in [0, 0.05) is 18.3 Å². The summed E-state index contributed by atoms with van der Waals surface area (Å²) in [6.07, 6.45) is 1.90. The van der Waals surface area contributed by atoms with Gasteiger partial charge in [0.2, 0.25) is 0 Å². The zero-order valence-corrected chi connectivity index (χ0v) is 11.1. The quantitative estimate of drug-likeness (QED) is 0.894. The Balaban J connectivity index is 2.18. The zero-order valence-electron chi connectivity index (χ0n) is 11.1. The second-order valence-corrected chi connectivity index (χ2v) is 4.88. The second-order valence-electron chi connectivity index (χ2n) is 4.88. The predicted molar refractivity (Wildman–Crippen MR) is 73.6 cm³/mol. The van der Waals surface area contributed by atoms with Crippen LogP contribution in [0.3, 0.4) is 0 Å². The van der Waals surface area contributed by atoms with Crippen molar-refractivity contribution < 1.29 is 5.11 Å². The molecule has 0 aliphatic heterocycles. The zero-order chi connectivity index (χ0) is 13.1. The molecular weight excluding hydrogens is 222 g/mol. The maximum atomic E-state index is 10.2. The van der Waals surface area contributed by atoms with Gasteiger partial charge in [0.05, 0.1) is 6.10 Å². The van der Waals surface area contributed by atoms with E-state index in [2.05, 4.69) is 37.0 Å². The monoisotopic (exact) mass is 241 g/mol. The van der Waals surface area contributed by atoms with Crippen LogP contribution in [0.4, 0.5) is 0 Å². The van der Waals surface area contributed by atoms with Crippen LogP contribution in [0.25, 0.3) is 0 Å². The van der Waals surface area contributed by atoms with Crippen LogP contribution in [0.2, 0.25) is 0 Å². The van der Waals surface area contributed by atoms with Crippen molar-refractivity contribution in [1.82, 2.24) is 4.98 Å². The summed E-state index contributed by atoms with van der Waals surface area (Å²) in [6.45, 7) is 6.10. The number of benzene rings is 1. The van der Waals surface area contributed by atoms with E-state index in [9.17, 15) is 5.11 Å². The average Bonchev–Trinajstić information content (AvgIpc) is 2.34. The molecule has 0 spiro atoms. The fraction of sp³-hybridized carbons (Fsp3) is 0.312. The van der Waals surface area contributed by atoms with Crippen LogP contribution >= 0.6 is 0 Å². The Morgan fingerprint density at radius 3 is 2.56 bits per heavy atom. The van der Waals surface area contributed by atoms with E-state index in [1.807, 2.05) is 19.1 Å². The summed E-state index contributed by atoms with van der Waals surface area (Å²) in [5, 5.41) is 10.2. The number of aliphatic hydroxyl groups excluding tert-OH is 1. The Kier molecular flexibility index (Phi) is 3.78. The topological polar surface area (TPSA) is 33.1 Å². The van der Waals surface area contributed by atoms with Crippen molar-refractivity contribution in [2.45, 2.75) is 33.3 Å². The summed E-state index contributed by atoms with van der Waals surface area (Å²) >= 11 is 0. The molecule has 0 amide bonds. The fourth-order valence-electron chi connectivity index (χ4n) is 2.02. The van der Waals surface area contributed by atoms with Crippen LogP contribution in [0.15, 0.2) is 36.5 Å². The number of pyridine rings is 1. The molecular formula is C16H19NO. The highest BCUT2D eigenvalue weighted by atomic mass is 16.3. The standard InChI is InChI=1S/C16H19NO/c1-11-4-5-12(2)15(8-11)9-16(18)14-7-6-13(3)17-10-14/h4-8,10,16,18H,9H2,1-3H3. The Bertz CT molecular complexity index is 531. The molecule has 0 radical (unpaired) electrons. The highest BCUT2D eigenvalue weighted by Crippen LogP contribution is 2.20. The molecule has 0 bridgehead atoms.